The predicted octanol–water partition coefficient (Wildman–Crippen LogP) is 5.68. The van der Waals surface area contributed by atoms with E-state index in [4.69, 9.17) is 4.42 Å². The van der Waals surface area contributed by atoms with Crippen molar-refractivity contribution < 1.29 is 9.21 Å². The number of anilines is 1. The van der Waals surface area contributed by atoms with Gasteiger partial charge in [0, 0.05) is 11.3 Å². The second-order valence-corrected chi connectivity index (χ2v) is 8.27. The third-order valence-corrected chi connectivity index (χ3v) is 5.55. The molecule has 4 rings (SSSR count). The SMILES string of the molecule is Cc1cc(C)cc(-c2nnc(SCC(=O)N(Cc3ccccc3)c3ccccc3)o2)c1. The van der Waals surface area contributed by atoms with Crippen LogP contribution in [0.25, 0.3) is 11.5 Å². The summed E-state index contributed by atoms with van der Waals surface area (Å²) in [6.45, 7) is 4.57. The van der Waals surface area contributed by atoms with E-state index in [9.17, 15) is 4.79 Å². The van der Waals surface area contributed by atoms with Crippen LogP contribution in [0.1, 0.15) is 16.7 Å². The molecular weight excluding hydrogens is 406 g/mol. The molecule has 1 aromatic heterocycles. The standard InChI is InChI=1S/C25H23N3O2S/c1-18-13-19(2)15-21(14-18)24-26-27-25(30-24)31-17-23(29)28(22-11-7-4-8-12-22)16-20-9-5-3-6-10-20/h3-15H,16-17H2,1-2H3. The maximum atomic E-state index is 13.1. The van der Waals surface area contributed by atoms with Crippen LogP contribution >= 0.6 is 11.8 Å². The Morgan fingerprint density at radius 2 is 1.55 bits per heavy atom. The minimum Gasteiger partial charge on any atom is -0.411 e. The molecule has 0 spiro atoms. The number of carbonyl (C=O) groups is 1. The van der Waals surface area contributed by atoms with E-state index in [0.29, 0.717) is 17.7 Å². The third-order valence-electron chi connectivity index (χ3n) is 4.75. The lowest BCUT2D eigenvalue weighted by Gasteiger charge is -2.22. The fourth-order valence-electron chi connectivity index (χ4n) is 3.38. The highest BCUT2D eigenvalue weighted by atomic mass is 32.2. The van der Waals surface area contributed by atoms with Gasteiger partial charge in [-0.05, 0) is 43.7 Å². The average Bonchev–Trinajstić information content (AvgIpc) is 3.26. The molecule has 5 nitrogen and oxygen atoms in total. The zero-order valence-electron chi connectivity index (χ0n) is 17.5. The first-order valence-electron chi connectivity index (χ1n) is 10.0. The molecule has 0 fully saturated rings. The zero-order valence-corrected chi connectivity index (χ0v) is 18.3. The van der Waals surface area contributed by atoms with Crippen molar-refractivity contribution in [2.24, 2.45) is 0 Å². The summed E-state index contributed by atoms with van der Waals surface area (Å²) in [4.78, 5) is 14.9. The highest BCUT2D eigenvalue weighted by Crippen LogP contribution is 2.26. The van der Waals surface area contributed by atoms with E-state index < -0.39 is 0 Å². The van der Waals surface area contributed by atoms with Gasteiger partial charge in [-0.15, -0.1) is 10.2 Å². The van der Waals surface area contributed by atoms with Gasteiger partial charge in [0.15, 0.2) is 0 Å². The fourth-order valence-corrected chi connectivity index (χ4v) is 4.02. The van der Waals surface area contributed by atoms with E-state index in [1.165, 1.54) is 11.8 Å². The molecule has 0 bridgehead atoms. The maximum absolute atomic E-state index is 13.1. The number of thioether (sulfide) groups is 1. The molecular formula is C25H23N3O2S. The summed E-state index contributed by atoms with van der Waals surface area (Å²) >= 11 is 1.25. The van der Waals surface area contributed by atoms with Crippen LogP contribution in [0, 0.1) is 13.8 Å². The molecule has 1 amide bonds. The molecule has 0 atom stereocenters. The van der Waals surface area contributed by atoms with Gasteiger partial charge < -0.3 is 9.32 Å². The first-order chi connectivity index (χ1) is 15.1. The molecule has 3 aromatic carbocycles. The van der Waals surface area contributed by atoms with Gasteiger partial charge in [0.2, 0.25) is 11.8 Å². The summed E-state index contributed by atoms with van der Waals surface area (Å²) in [5, 5.41) is 8.65. The maximum Gasteiger partial charge on any atom is 0.277 e. The Labute approximate surface area is 186 Å². The van der Waals surface area contributed by atoms with E-state index in [-0.39, 0.29) is 11.7 Å². The first kappa shape index (κ1) is 20.9. The van der Waals surface area contributed by atoms with Crippen LogP contribution in [-0.4, -0.2) is 21.9 Å². The second-order valence-electron chi connectivity index (χ2n) is 7.34. The number of hydrogen-bond donors (Lipinski definition) is 0. The van der Waals surface area contributed by atoms with Crippen molar-refractivity contribution in [3.63, 3.8) is 0 Å². The molecule has 156 valence electrons. The van der Waals surface area contributed by atoms with Crippen LogP contribution < -0.4 is 4.90 Å². The smallest absolute Gasteiger partial charge is 0.277 e. The summed E-state index contributed by atoms with van der Waals surface area (Å²) in [5.74, 6) is 0.646. The molecule has 0 N–H and O–H groups in total. The number of benzene rings is 3. The number of aryl methyl sites for hydroxylation is 2. The Hall–Kier alpha value is -3.38. The van der Waals surface area contributed by atoms with Crippen LogP contribution in [0.3, 0.4) is 0 Å². The number of aromatic nitrogens is 2. The third kappa shape index (κ3) is 5.41. The molecule has 6 heteroatoms. The quantitative estimate of drug-likeness (QED) is 0.354. The normalized spacial score (nSPS) is 10.8. The summed E-state index contributed by atoms with van der Waals surface area (Å²) in [6, 6.07) is 25.8. The summed E-state index contributed by atoms with van der Waals surface area (Å²) < 4.78 is 5.80. The first-order valence-corrected chi connectivity index (χ1v) is 11.0. The van der Waals surface area contributed by atoms with Crippen molar-refractivity contribution in [3.8, 4) is 11.5 Å². The largest absolute Gasteiger partial charge is 0.411 e. The van der Waals surface area contributed by atoms with E-state index >= 15 is 0 Å². The molecule has 0 aliphatic carbocycles. The Morgan fingerprint density at radius 1 is 0.903 bits per heavy atom. The van der Waals surface area contributed by atoms with Gasteiger partial charge in [-0.25, -0.2) is 0 Å². The lowest BCUT2D eigenvalue weighted by atomic mass is 10.1. The van der Waals surface area contributed by atoms with E-state index in [1.54, 1.807) is 4.90 Å². The number of rotatable bonds is 7. The Balaban J connectivity index is 1.47. The Kier molecular flexibility index (Phi) is 6.48. The lowest BCUT2D eigenvalue weighted by molar-refractivity contribution is -0.116. The number of hydrogen-bond acceptors (Lipinski definition) is 5. The van der Waals surface area contributed by atoms with Crippen LogP contribution in [-0.2, 0) is 11.3 Å². The van der Waals surface area contributed by atoms with Crippen LogP contribution in [0.4, 0.5) is 5.69 Å². The van der Waals surface area contributed by atoms with Gasteiger partial charge in [-0.2, -0.15) is 0 Å². The predicted molar refractivity (Wildman–Crippen MR) is 124 cm³/mol. The van der Waals surface area contributed by atoms with E-state index in [0.717, 1.165) is 27.9 Å². The fraction of sp³-hybridized carbons (Fsp3) is 0.160. The monoisotopic (exact) mass is 429 g/mol. The van der Waals surface area contributed by atoms with Gasteiger partial charge in [-0.3, -0.25) is 4.79 Å². The van der Waals surface area contributed by atoms with Gasteiger partial charge in [-0.1, -0.05) is 77.5 Å². The Morgan fingerprint density at radius 3 is 2.23 bits per heavy atom. The van der Waals surface area contributed by atoms with Gasteiger partial charge in [0.1, 0.15) is 0 Å². The molecule has 31 heavy (non-hydrogen) atoms. The van der Waals surface area contributed by atoms with Gasteiger partial charge in [0.05, 0.1) is 12.3 Å². The molecule has 4 aromatic rings. The molecule has 0 aliphatic rings. The molecule has 0 saturated carbocycles. The van der Waals surface area contributed by atoms with E-state index in [2.05, 4.69) is 16.3 Å². The van der Waals surface area contributed by atoms with Crippen LogP contribution in [0.15, 0.2) is 88.5 Å². The topological polar surface area (TPSA) is 59.2 Å². The molecule has 0 unspecified atom stereocenters. The zero-order chi connectivity index (χ0) is 21.6. The summed E-state index contributed by atoms with van der Waals surface area (Å²) in [6.07, 6.45) is 0. The van der Waals surface area contributed by atoms with Crippen LogP contribution in [0.5, 0.6) is 0 Å². The number of amides is 1. The van der Waals surface area contributed by atoms with Gasteiger partial charge in [0.25, 0.3) is 5.22 Å². The second kappa shape index (κ2) is 9.62. The van der Waals surface area contributed by atoms with E-state index in [1.807, 2.05) is 86.6 Å². The van der Waals surface area contributed by atoms with Crippen molar-refractivity contribution >= 4 is 23.4 Å². The lowest BCUT2D eigenvalue weighted by Crippen LogP contribution is -2.31. The molecule has 0 saturated heterocycles. The minimum atomic E-state index is -0.0220. The average molecular weight is 430 g/mol. The summed E-state index contributed by atoms with van der Waals surface area (Å²) in [5.41, 5.74) is 5.09. The Bertz CT molecular complexity index is 1140. The van der Waals surface area contributed by atoms with Crippen molar-refractivity contribution in [1.29, 1.82) is 0 Å². The van der Waals surface area contributed by atoms with Crippen LogP contribution in [0.2, 0.25) is 0 Å². The van der Waals surface area contributed by atoms with Gasteiger partial charge >= 0.3 is 0 Å². The molecule has 0 aliphatic heterocycles. The highest BCUT2D eigenvalue weighted by molar-refractivity contribution is 7.99. The number of para-hydroxylation sites is 1. The number of carbonyl (C=O) groups excluding carboxylic acids is 1. The van der Waals surface area contributed by atoms with Crippen molar-refractivity contribution in [3.05, 3.63) is 95.6 Å². The van der Waals surface area contributed by atoms with Crippen molar-refractivity contribution in [1.82, 2.24) is 10.2 Å². The minimum absolute atomic E-state index is 0.0220. The highest BCUT2D eigenvalue weighted by Gasteiger charge is 2.18. The van der Waals surface area contributed by atoms with Crippen molar-refractivity contribution in [2.75, 3.05) is 10.7 Å². The molecule has 0 radical (unpaired) electrons. The molecule has 1 heterocycles. The summed E-state index contributed by atoms with van der Waals surface area (Å²) in [7, 11) is 0. The number of nitrogens with zero attached hydrogens (tertiary/aromatic N) is 3. The van der Waals surface area contributed by atoms with Crippen molar-refractivity contribution in [2.45, 2.75) is 25.6 Å².